The van der Waals surface area contributed by atoms with Crippen molar-refractivity contribution in [1.29, 1.82) is 0 Å². The van der Waals surface area contributed by atoms with E-state index in [1.54, 1.807) is 24.3 Å². The lowest BCUT2D eigenvalue weighted by atomic mass is 10.3. The van der Waals surface area contributed by atoms with E-state index in [9.17, 15) is 13.2 Å². The SMILES string of the molecule is Cc1nc(C(F)(F)F)c(-c2ncnn2-c2ccc(Cl)cc2)s1. The van der Waals surface area contributed by atoms with Crippen molar-refractivity contribution in [2.45, 2.75) is 13.1 Å². The number of alkyl halides is 3. The average Bonchev–Trinajstić information content (AvgIpc) is 3.05. The molecule has 0 aliphatic carbocycles. The van der Waals surface area contributed by atoms with E-state index in [2.05, 4.69) is 15.1 Å². The van der Waals surface area contributed by atoms with E-state index >= 15 is 0 Å². The Bertz CT molecular complexity index is 808. The second-order valence-corrected chi connectivity index (χ2v) is 6.02. The lowest BCUT2D eigenvalue weighted by Gasteiger charge is -2.08. The first-order valence-corrected chi connectivity index (χ1v) is 7.26. The molecule has 9 heteroatoms. The molecule has 3 aromatic rings. The van der Waals surface area contributed by atoms with Crippen LogP contribution in [0.4, 0.5) is 13.2 Å². The molecule has 0 radical (unpaired) electrons. The molecule has 0 N–H and O–H groups in total. The Balaban J connectivity index is 2.16. The van der Waals surface area contributed by atoms with Crippen molar-refractivity contribution in [2.75, 3.05) is 0 Å². The minimum atomic E-state index is -4.54. The van der Waals surface area contributed by atoms with Gasteiger partial charge in [-0.1, -0.05) is 11.6 Å². The van der Waals surface area contributed by atoms with Crippen LogP contribution < -0.4 is 0 Å². The molecule has 3 rings (SSSR count). The fraction of sp³-hybridized carbons (Fsp3) is 0.154. The molecule has 2 aromatic heterocycles. The summed E-state index contributed by atoms with van der Waals surface area (Å²) in [6, 6.07) is 6.57. The van der Waals surface area contributed by atoms with Gasteiger partial charge in [0.15, 0.2) is 11.5 Å². The third kappa shape index (κ3) is 2.71. The summed E-state index contributed by atoms with van der Waals surface area (Å²) in [5.41, 5.74) is -0.380. The van der Waals surface area contributed by atoms with Crippen LogP contribution in [0.2, 0.25) is 5.02 Å². The van der Waals surface area contributed by atoms with Gasteiger partial charge in [-0.2, -0.15) is 18.3 Å². The van der Waals surface area contributed by atoms with E-state index in [1.807, 2.05) is 0 Å². The first-order valence-electron chi connectivity index (χ1n) is 6.07. The van der Waals surface area contributed by atoms with Crippen LogP contribution >= 0.6 is 22.9 Å². The van der Waals surface area contributed by atoms with Gasteiger partial charge in [0.05, 0.1) is 10.7 Å². The van der Waals surface area contributed by atoms with E-state index in [-0.39, 0.29) is 10.7 Å². The van der Waals surface area contributed by atoms with Crippen LogP contribution in [0, 0.1) is 6.92 Å². The summed E-state index contributed by atoms with van der Waals surface area (Å²) in [5, 5.41) is 4.84. The predicted molar refractivity (Wildman–Crippen MR) is 77.2 cm³/mol. The quantitative estimate of drug-likeness (QED) is 0.693. The van der Waals surface area contributed by atoms with Crippen molar-refractivity contribution >= 4 is 22.9 Å². The summed E-state index contributed by atoms with van der Waals surface area (Å²) in [7, 11) is 0. The number of aromatic nitrogens is 4. The van der Waals surface area contributed by atoms with Crippen LogP contribution in [0.25, 0.3) is 16.4 Å². The zero-order chi connectivity index (χ0) is 15.9. The molecule has 0 spiro atoms. The van der Waals surface area contributed by atoms with Crippen molar-refractivity contribution in [3.8, 4) is 16.4 Å². The highest BCUT2D eigenvalue weighted by Crippen LogP contribution is 2.39. The van der Waals surface area contributed by atoms with Gasteiger partial charge in [-0.25, -0.2) is 14.6 Å². The Morgan fingerprint density at radius 1 is 1.18 bits per heavy atom. The Kier molecular flexibility index (Phi) is 3.65. The van der Waals surface area contributed by atoms with E-state index in [0.717, 1.165) is 11.3 Å². The molecule has 2 heterocycles. The monoisotopic (exact) mass is 344 g/mol. The topological polar surface area (TPSA) is 43.6 Å². The van der Waals surface area contributed by atoms with Crippen molar-refractivity contribution in [3.05, 3.63) is 46.3 Å². The normalized spacial score (nSPS) is 11.9. The van der Waals surface area contributed by atoms with E-state index in [0.29, 0.717) is 15.7 Å². The standard InChI is InChI=1S/C13H8ClF3N4S/c1-7-20-11(13(15,16)17)10(22-7)12-18-6-19-21(12)9-4-2-8(14)3-5-9/h2-6H,1H3. The number of halogens is 4. The Labute approximate surface area is 132 Å². The number of thiazole rings is 1. The Hall–Kier alpha value is -1.93. The van der Waals surface area contributed by atoms with Crippen LogP contribution in [0.15, 0.2) is 30.6 Å². The average molecular weight is 345 g/mol. The van der Waals surface area contributed by atoms with Gasteiger partial charge in [0.25, 0.3) is 0 Å². The molecule has 114 valence electrons. The predicted octanol–water partition coefficient (Wildman–Crippen LogP) is 4.37. The zero-order valence-corrected chi connectivity index (χ0v) is 12.7. The molecule has 0 bridgehead atoms. The van der Waals surface area contributed by atoms with Gasteiger partial charge in [-0.05, 0) is 31.2 Å². The summed E-state index contributed by atoms with van der Waals surface area (Å²) < 4.78 is 40.7. The molecule has 0 aliphatic rings. The lowest BCUT2D eigenvalue weighted by molar-refractivity contribution is -0.140. The highest BCUT2D eigenvalue weighted by atomic mass is 35.5. The fourth-order valence-electron chi connectivity index (χ4n) is 1.94. The summed E-state index contributed by atoms with van der Waals surface area (Å²) in [4.78, 5) is 7.48. The summed E-state index contributed by atoms with van der Waals surface area (Å²) in [6.07, 6.45) is -3.34. The molecule has 1 aromatic carbocycles. The van der Waals surface area contributed by atoms with E-state index in [4.69, 9.17) is 11.6 Å². The molecule has 0 saturated carbocycles. The van der Waals surface area contributed by atoms with Crippen LogP contribution in [0.1, 0.15) is 10.7 Å². The summed E-state index contributed by atoms with van der Waals surface area (Å²) in [6.45, 7) is 1.52. The van der Waals surface area contributed by atoms with Crippen molar-refractivity contribution in [1.82, 2.24) is 19.7 Å². The minimum absolute atomic E-state index is 0.0579. The van der Waals surface area contributed by atoms with Crippen LogP contribution in [-0.4, -0.2) is 19.7 Å². The second-order valence-electron chi connectivity index (χ2n) is 4.38. The first kappa shape index (κ1) is 15.0. The molecular weight excluding hydrogens is 337 g/mol. The molecule has 0 amide bonds. The first-order chi connectivity index (χ1) is 10.4. The largest absolute Gasteiger partial charge is 0.434 e. The highest BCUT2D eigenvalue weighted by Gasteiger charge is 2.38. The number of hydrogen-bond acceptors (Lipinski definition) is 4. The van der Waals surface area contributed by atoms with Crippen molar-refractivity contribution in [2.24, 2.45) is 0 Å². The molecular formula is C13H8ClF3N4S. The molecule has 0 unspecified atom stereocenters. The molecule has 0 atom stereocenters. The van der Waals surface area contributed by atoms with Gasteiger partial charge in [0.1, 0.15) is 11.2 Å². The Morgan fingerprint density at radius 2 is 1.86 bits per heavy atom. The minimum Gasteiger partial charge on any atom is -0.236 e. The Morgan fingerprint density at radius 3 is 2.50 bits per heavy atom. The number of benzene rings is 1. The van der Waals surface area contributed by atoms with Gasteiger partial charge < -0.3 is 0 Å². The van der Waals surface area contributed by atoms with Gasteiger partial charge >= 0.3 is 6.18 Å². The van der Waals surface area contributed by atoms with Crippen LogP contribution in [0.3, 0.4) is 0 Å². The molecule has 4 nitrogen and oxygen atoms in total. The second kappa shape index (κ2) is 5.36. The molecule has 22 heavy (non-hydrogen) atoms. The summed E-state index contributed by atoms with van der Waals surface area (Å²) >= 11 is 6.75. The number of hydrogen-bond donors (Lipinski definition) is 0. The lowest BCUT2D eigenvalue weighted by Crippen LogP contribution is -2.09. The maximum absolute atomic E-state index is 13.1. The molecule has 0 fully saturated rings. The zero-order valence-electron chi connectivity index (χ0n) is 11.1. The summed E-state index contributed by atoms with van der Waals surface area (Å²) in [5.74, 6) is 0.0975. The third-order valence-electron chi connectivity index (χ3n) is 2.82. The van der Waals surface area contributed by atoms with Gasteiger partial charge in [0.2, 0.25) is 0 Å². The van der Waals surface area contributed by atoms with Crippen LogP contribution in [-0.2, 0) is 6.18 Å². The van der Waals surface area contributed by atoms with E-state index < -0.39 is 11.9 Å². The number of rotatable bonds is 2. The number of aryl methyl sites for hydroxylation is 1. The van der Waals surface area contributed by atoms with Crippen molar-refractivity contribution in [3.63, 3.8) is 0 Å². The molecule has 0 aliphatic heterocycles. The van der Waals surface area contributed by atoms with Gasteiger partial charge in [0, 0.05) is 5.02 Å². The third-order valence-corrected chi connectivity index (χ3v) is 4.04. The van der Waals surface area contributed by atoms with E-state index in [1.165, 1.54) is 17.9 Å². The van der Waals surface area contributed by atoms with Crippen LogP contribution in [0.5, 0.6) is 0 Å². The van der Waals surface area contributed by atoms with Gasteiger partial charge in [-0.3, -0.25) is 0 Å². The smallest absolute Gasteiger partial charge is 0.236 e. The van der Waals surface area contributed by atoms with Gasteiger partial charge in [-0.15, -0.1) is 11.3 Å². The highest BCUT2D eigenvalue weighted by molar-refractivity contribution is 7.15. The van der Waals surface area contributed by atoms with Crippen molar-refractivity contribution < 1.29 is 13.2 Å². The maximum atomic E-state index is 13.1. The molecule has 0 saturated heterocycles. The maximum Gasteiger partial charge on any atom is 0.434 e. The fourth-order valence-corrected chi connectivity index (χ4v) is 2.99. The number of nitrogens with zero attached hydrogens (tertiary/aromatic N) is 4.